The molecule has 1 saturated heterocycles. The van der Waals surface area contributed by atoms with Crippen LogP contribution < -0.4 is 10.6 Å². The molecular weight excluding hydrogens is 339 g/mol. The average Bonchev–Trinajstić information content (AvgIpc) is 3.16. The first-order chi connectivity index (χ1) is 13.0. The first kappa shape index (κ1) is 20.1. The van der Waals surface area contributed by atoms with Crippen LogP contribution in [0.25, 0.3) is 0 Å². The number of hydrogen-bond donors (Lipinski definition) is 2. The molecule has 4 nitrogen and oxygen atoms in total. The van der Waals surface area contributed by atoms with E-state index in [4.69, 9.17) is 0 Å². The Morgan fingerprint density at radius 1 is 1.19 bits per heavy atom. The second kappa shape index (κ2) is 9.05. The van der Waals surface area contributed by atoms with Crippen LogP contribution in [-0.4, -0.2) is 49.6 Å². The highest BCUT2D eigenvalue weighted by molar-refractivity contribution is 5.80. The maximum atomic E-state index is 13.4. The van der Waals surface area contributed by atoms with Gasteiger partial charge in [-0.25, -0.2) is 4.39 Å². The molecule has 2 aliphatic rings. The Kier molecular flexibility index (Phi) is 6.74. The SMILES string of the molecule is CN=C(NCC1(c2ccc(F)cc2)CCCC1)NC1CCN(C(C)C)CC1. The maximum absolute atomic E-state index is 13.4. The van der Waals surface area contributed by atoms with Gasteiger partial charge in [-0.3, -0.25) is 4.99 Å². The lowest BCUT2D eigenvalue weighted by atomic mass is 9.79. The van der Waals surface area contributed by atoms with E-state index < -0.39 is 0 Å². The number of nitrogens with one attached hydrogen (secondary N) is 2. The number of likely N-dealkylation sites (tertiary alicyclic amines) is 1. The number of aliphatic imine (C=N–C) groups is 1. The molecule has 2 N–H and O–H groups in total. The fraction of sp³-hybridized carbons (Fsp3) is 0.682. The first-order valence-electron chi connectivity index (χ1n) is 10.5. The molecule has 150 valence electrons. The molecule has 5 heteroatoms. The highest BCUT2D eigenvalue weighted by Crippen LogP contribution is 2.40. The molecule has 3 rings (SSSR count). The van der Waals surface area contributed by atoms with Gasteiger partial charge < -0.3 is 15.5 Å². The monoisotopic (exact) mass is 374 g/mol. The quantitative estimate of drug-likeness (QED) is 0.610. The Morgan fingerprint density at radius 2 is 1.81 bits per heavy atom. The molecule has 1 aromatic rings. The van der Waals surface area contributed by atoms with Crippen molar-refractivity contribution < 1.29 is 4.39 Å². The van der Waals surface area contributed by atoms with Crippen molar-refractivity contribution in [1.82, 2.24) is 15.5 Å². The minimum Gasteiger partial charge on any atom is -0.356 e. The number of guanidine groups is 1. The van der Waals surface area contributed by atoms with E-state index in [-0.39, 0.29) is 11.2 Å². The van der Waals surface area contributed by atoms with Crippen LogP contribution in [0.3, 0.4) is 0 Å². The highest BCUT2D eigenvalue weighted by Gasteiger charge is 2.35. The summed E-state index contributed by atoms with van der Waals surface area (Å²) in [5.74, 6) is 0.733. The Morgan fingerprint density at radius 3 is 2.37 bits per heavy atom. The summed E-state index contributed by atoms with van der Waals surface area (Å²) in [6.45, 7) is 7.68. The van der Waals surface area contributed by atoms with E-state index in [9.17, 15) is 4.39 Å². The van der Waals surface area contributed by atoms with Crippen LogP contribution in [-0.2, 0) is 5.41 Å². The van der Waals surface area contributed by atoms with E-state index in [0.29, 0.717) is 12.1 Å². The van der Waals surface area contributed by atoms with Gasteiger partial charge in [0.1, 0.15) is 5.82 Å². The normalized spacial score (nSPS) is 21.6. The van der Waals surface area contributed by atoms with Gasteiger partial charge in [0.05, 0.1) is 0 Å². The van der Waals surface area contributed by atoms with Crippen molar-refractivity contribution in [2.24, 2.45) is 4.99 Å². The van der Waals surface area contributed by atoms with Crippen LogP contribution in [0.2, 0.25) is 0 Å². The Labute approximate surface area is 163 Å². The van der Waals surface area contributed by atoms with Gasteiger partial charge in [0.25, 0.3) is 0 Å². The molecule has 27 heavy (non-hydrogen) atoms. The fourth-order valence-corrected chi connectivity index (χ4v) is 4.62. The Bertz CT molecular complexity index is 612. The largest absolute Gasteiger partial charge is 0.356 e. The van der Waals surface area contributed by atoms with E-state index in [1.807, 2.05) is 19.2 Å². The predicted molar refractivity (Wildman–Crippen MR) is 111 cm³/mol. The van der Waals surface area contributed by atoms with E-state index in [0.717, 1.165) is 51.3 Å². The van der Waals surface area contributed by atoms with E-state index in [1.54, 1.807) is 12.1 Å². The van der Waals surface area contributed by atoms with Gasteiger partial charge in [0.2, 0.25) is 0 Å². The molecule has 0 bridgehead atoms. The predicted octanol–water partition coefficient (Wildman–Crippen LogP) is 3.68. The van der Waals surface area contributed by atoms with Crippen LogP contribution in [0.4, 0.5) is 4.39 Å². The lowest BCUT2D eigenvalue weighted by Crippen LogP contribution is -2.51. The summed E-state index contributed by atoms with van der Waals surface area (Å²) in [5, 5.41) is 7.20. The maximum Gasteiger partial charge on any atom is 0.191 e. The van der Waals surface area contributed by atoms with Crippen molar-refractivity contribution in [2.75, 3.05) is 26.7 Å². The molecule has 2 fully saturated rings. The second-order valence-corrected chi connectivity index (χ2v) is 8.47. The summed E-state index contributed by atoms with van der Waals surface area (Å²) in [7, 11) is 1.85. The molecule has 1 heterocycles. The second-order valence-electron chi connectivity index (χ2n) is 8.47. The van der Waals surface area contributed by atoms with Gasteiger partial charge in [-0.05, 0) is 57.2 Å². The number of rotatable bonds is 5. The highest BCUT2D eigenvalue weighted by atomic mass is 19.1. The summed E-state index contributed by atoms with van der Waals surface area (Å²) in [6.07, 6.45) is 7.08. The third kappa shape index (κ3) is 5.01. The smallest absolute Gasteiger partial charge is 0.191 e. The van der Waals surface area contributed by atoms with Crippen molar-refractivity contribution in [2.45, 2.75) is 69.9 Å². The van der Waals surface area contributed by atoms with Crippen LogP contribution >= 0.6 is 0 Å². The van der Waals surface area contributed by atoms with Crippen molar-refractivity contribution in [3.8, 4) is 0 Å². The van der Waals surface area contributed by atoms with Crippen LogP contribution in [0.15, 0.2) is 29.3 Å². The summed E-state index contributed by atoms with van der Waals surface area (Å²) < 4.78 is 13.4. The van der Waals surface area contributed by atoms with Crippen molar-refractivity contribution in [3.05, 3.63) is 35.6 Å². The number of halogens is 1. The standard InChI is InChI=1S/C22H35FN4/c1-17(2)27-14-10-20(11-15-27)26-21(24-3)25-16-22(12-4-5-13-22)18-6-8-19(23)9-7-18/h6-9,17,20H,4-5,10-16H2,1-3H3,(H2,24,25,26). The molecule has 0 radical (unpaired) electrons. The van der Waals surface area contributed by atoms with Crippen LogP contribution in [0, 0.1) is 5.82 Å². The minimum absolute atomic E-state index is 0.0896. The third-order valence-electron chi connectivity index (χ3n) is 6.44. The molecule has 0 aromatic heterocycles. The molecule has 0 amide bonds. The van der Waals surface area contributed by atoms with E-state index in [2.05, 4.69) is 34.4 Å². The summed E-state index contributed by atoms with van der Waals surface area (Å²) in [5.41, 5.74) is 1.33. The van der Waals surface area contributed by atoms with Gasteiger partial charge in [-0.15, -0.1) is 0 Å². The molecular formula is C22H35FN4. The first-order valence-corrected chi connectivity index (χ1v) is 10.5. The average molecular weight is 375 g/mol. The fourth-order valence-electron chi connectivity index (χ4n) is 4.62. The van der Waals surface area contributed by atoms with Gasteiger partial charge in [-0.2, -0.15) is 0 Å². The van der Waals surface area contributed by atoms with Gasteiger partial charge in [0, 0.05) is 44.2 Å². The number of piperidine rings is 1. The molecule has 0 atom stereocenters. The number of benzene rings is 1. The third-order valence-corrected chi connectivity index (χ3v) is 6.44. The van der Waals surface area contributed by atoms with Crippen LogP contribution in [0.5, 0.6) is 0 Å². The molecule has 1 aromatic carbocycles. The van der Waals surface area contributed by atoms with Crippen molar-refractivity contribution in [3.63, 3.8) is 0 Å². The lowest BCUT2D eigenvalue weighted by Gasteiger charge is -2.36. The van der Waals surface area contributed by atoms with Gasteiger partial charge in [-0.1, -0.05) is 25.0 Å². The van der Waals surface area contributed by atoms with Gasteiger partial charge >= 0.3 is 0 Å². The topological polar surface area (TPSA) is 39.7 Å². The van der Waals surface area contributed by atoms with Crippen LogP contribution in [0.1, 0.15) is 57.9 Å². The van der Waals surface area contributed by atoms with E-state index >= 15 is 0 Å². The lowest BCUT2D eigenvalue weighted by molar-refractivity contribution is 0.167. The van der Waals surface area contributed by atoms with Crippen molar-refractivity contribution >= 4 is 5.96 Å². The van der Waals surface area contributed by atoms with Gasteiger partial charge in [0.15, 0.2) is 5.96 Å². The molecule has 0 spiro atoms. The molecule has 1 saturated carbocycles. The Hall–Kier alpha value is -1.62. The zero-order valence-corrected chi connectivity index (χ0v) is 17.1. The summed E-state index contributed by atoms with van der Waals surface area (Å²) >= 11 is 0. The zero-order chi connectivity index (χ0) is 19.3. The molecule has 1 aliphatic carbocycles. The molecule has 0 unspecified atom stereocenters. The zero-order valence-electron chi connectivity index (χ0n) is 17.1. The number of nitrogens with zero attached hydrogens (tertiary/aromatic N) is 2. The number of hydrogen-bond acceptors (Lipinski definition) is 2. The van der Waals surface area contributed by atoms with Crippen molar-refractivity contribution in [1.29, 1.82) is 0 Å². The summed E-state index contributed by atoms with van der Waals surface area (Å²) in [4.78, 5) is 7.00. The molecule has 1 aliphatic heterocycles. The summed E-state index contributed by atoms with van der Waals surface area (Å²) in [6, 6.07) is 8.20. The Balaban J connectivity index is 1.57. The van der Waals surface area contributed by atoms with E-state index in [1.165, 1.54) is 18.4 Å². The minimum atomic E-state index is -0.162.